The van der Waals surface area contributed by atoms with Crippen molar-refractivity contribution in [1.29, 1.82) is 0 Å². The number of rotatable bonds is 1. The maximum Gasteiger partial charge on any atom is 0.0628 e. The van der Waals surface area contributed by atoms with Crippen molar-refractivity contribution in [3.8, 4) is 0 Å². The van der Waals surface area contributed by atoms with Crippen LogP contribution in [-0.4, -0.2) is 12.7 Å². The summed E-state index contributed by atoms with van der Waals surface area (Å²) < 4.78 is 5.92. The Morgan fingerprint density at radius 2 is 1.77 bits per heavy atom. The molecule has 0 aromatic heterocycles. The summed E-state index contributed by atoms with van der Waals surface area (Å²) >= 11 is 0. The average Bonchev–Trinajstić information content (AvgIpc) is 2.20. The Kier molecular flexibility index (Phi) is 2.92. The highest BCUT2D eigenvalue weighted by Crippen LogP contribution is 2.42. The van der Waals surface area contributed by atoms with E-state index in [4.69, 9.17) is 4.74 Å². The third kappa shape index (κ3) is 2.07. The molecule has 0 N–H and O–H groups in total. The van der Waals surface area contributed by atoms with Crippen LogP contribution >= 0.6 is 0 Å². The first-order valence-corrected chi connectivity index (χ1v) is 5.93. The van der Waals surface area contributed by atoms with Crippen LogP contribution in [0.4, 0.5) is 0 Å². The van der Waals surface area contributed by atoms with E-state index in [0.717, 1.165) is 6.61 Å². The topological polar surface area (TPSA) is 9.23 Å². The van der Waals surface area contributed by atoms with Crippen molar-refractivity contribution in [2.45, 2.75) is 64.4 Å². The van der Waals surface area contributed by atoms with Gasteiger partial charge >= 0.3 is 0 Å². The maximum absolute atomic E-state index is 5.92. The van der Waals surface area contributed by atoms with E-state index >= 15 is 0 Å². The van der Waals surface area contributed by atoms with Gasteiger partial charge in [0.05, 0.1) is 6.10 Å². The van der Waals surface area contributed by atoms with Crippen LogP contribution in [-0.2, 0) is 4.74 Å². The van der Waals surface area contributed by atoms with E-state index in [9.17, 15) is 0 Å². The fourth-order valence-corrected chi connectivity index (χ4v) is 2.97. The molecule has 0 aromatic carbocycles. The molecule has 0 bridgehead atoms. The SMILES string of the molecule is CC1(C2CCCCO2)CCCCC1. The lowest BCUT2D eigenvalue weighted by molar-refractivity contribution is -0.0756. The van der Waals surface area contributed by atoms with E-state index in [0.29, 0.717) is 11.5 Å². The Hall–Kier alpha value is -0.0400. The highest BCUT2D eigenvalue weighted by atomic mass is 16.5. The fraction of sp³-hybridized carbons (Fsp3) is 1.00. The van der Waals surface area contributed by atoms with Crippen molar-refractivity contribution >= 4 is 0 Å². The third-order valence-electron chi connectivity index (χ3n) is 3.95. The zero-order valence-electron chi connectivity index (χ0n) is 8.85. The molecule has 76 valence electrons. The summed E-state index contributed by atoms with van der Waals surface area (Å²) in [6.07, 6.45) is 11.7. The molecule has 0 amide bonds. The van der Waals surface area contributed by atoms with Crippen molar-refractivity contribution in [1.82, 2.24) is 0 Å². The van der Waals surface area contributed by atoms with Gasteiger partial charge in [-0.15, -0.1) is 0 Å². The molecule has 1 atom stereocenters. The molecular formula is C12H22O. The molecule has 1 aliphatic heterocycles. The third-order valence-corrected chi connectivity index (χ3v) is 3.95. The van der Waals surface area contributed by atoms with Gasteiger partial charge in [-0.05, 0) is 37.5 Å². The van der Waals surface area contributed by atoms with Crippen LogP contribution in [0.1, 0.15) is 58.3 Å². The second-order valence-corrected chi connectivity index (χ2v) is 5.07. The lowest BCUT2D eigenvalue weighted by Crippen LogP contribution is -2.38. The first-order valence-electron chi connectivity index (χ1n) is 5.93. The minimum Gasteiger partial charge on any atom is -0.378 e. The van der Waals surface area contributed by atoms with Gasteiger partial charge in [-0.1, -0.05) is 26.2 Å². The molecule has 0 radical (unpaired) electrons. The summed E-state index contributed by atoms with van der Waals surface area (Å²) in [7, 11) is 0. The summed E-state index contributed by atoms with van der Waals surface area (Å²) in [5.74, 6) is 0. The first kappa shape index (κ1) is 9.51. The lowest BCUT2D eigenvalue weighted by atomic mass is 9.70. The highest BCUT2D eigenvalue weighted by molar-refractivity contribution is 4.87. The zero-order chi connectivity index (χ0) is 9.15. The van der Waals surface area contributed by atoms with E-state index < -0.39 is 0 Å². The molecule has 1 aliphatic carbocycles. The molecule has 1 unspecified atom stereocenters. The second kappa shape index (κ2) is 4.00. The molecule has 0 aromatic rings. The molecule has 1 heterocycles. The van der Waals surface area contributed by atoms with Crippen molar-refractivity contribution in [3.05, 3.63) is 0 Å². The molecule has 1 heteroatoms. The van der Waals surface area contributed by atoms with E-state index in [1.807, 2.05) is 0 Å². The van der Waals surface area contributed by atoms with Gasteiger partial charge in [-0.25, -0.2) is 0 Å². The van der Waals surface area contributed by atoms with E-state index in [1.165, 1.54) is 51.4 Å². The smallest absolute Gasteiger partial charge is 0.0628 e. The molecule has 13 heavy (non-hydrogen) atoms. The molecule has 1 saturated heterocycles. The Morgan fingerprint density at radius 1 is 1.00 bits per heavy atom. The molecular weight excluding hydrogens is 160 g/mol. The largest absolute Gasteiger partial charge is 0.378 e. The Balaban J connectivity index is 1.94. The van der Waals surface area contributed by atoms with Crippen molar-refractivity contribution in [2.75, 3.05) is 6.61 Å². The van der Waals surface area contributed by atoms with Gasteiger partial charge in [-0.3, -0.25) is 0 Å². The van der Waals surface area contributed by atoms with Crippen LogP contribution in [0.25, 0.3) is 0 Å². The second-order valence-electron chi connectivity index (χ2n) is 5.07. The van der Waals surface area contributed by atoms with Crippen molar-refractivity contribution in [2.24, 2.45) is 5.41 Å². The van der Waals surface area contributed by atoms with E-state index in [-0.39, 0.29) is 0 Å². The zero-order valence-corrected chi connectivity index (χ0v) is 8.85. The van der Waals surface area contributed by atoms with E-state index in [1.54, 1.807) is 0 Å². The quantitative estimate of drug-likeness (QED) is 0.603. The molecule has 2 rings (SSSR count). The predicted octanol–water partition coefficient (Wildman–Crippen LogP) is 3.53. The van der Waals surface area contributed by atoms with Gasteiger partial charge in [0.1, 0.15) is 0 Å². The van der Waals surface area contributed by atoms with E-state index in [2.05, 4.69) is 6.92 Å². The summed E-state index contributed by atoms with van der Waals surface area (Å²) in [5.41, 5.74) is 0.526. The van der Waals surface area contributed by atoms with Crippen LogP contribution in [0.5, 0.6) is 0 Å². The summed E-state index contributed by atoms with van der Waals surface area (Å²) in [4.78, 5) is 0. The van der Waals surface area contributed by atoms with Gasteiger partial charge in [0, 0.05) is 6.61 Å². The van der Waals surface area contributed by atoms with Gasteiger partial charge < -0.3 is 4.74 Å². The Morgan fingerprint density at radius 3 is 2.38 bits per heavy atom. The monoisotopic (exact) mass is 182 g/mol. The molecule has 1 nitrogen and oxygen atoms in total. The minimum absolute atomic E-state index is 0.526. The van der Waals surface area contributed by atoms with Crippen LogP contribution in [0, 0.1) is 5.41 Å². The van der Waals surface area contributed by atoms with Gasteiger partial charge in [0.25, 0.3) is 0 Å². The lowest BCUT2D eigenvalue weighted by Gasteiger charge is -2.42. The average molecular weight is 182 g/mol. The normalized spacial score (nSPS) is 34.4. The number of hydrogen-bond acceptors (Lipinski definition) is 1. The first-order chi connectivity index (χ1) is 6.31. The van der Waals surface area contributed by atoms with Crippen LogP contribution in [0.3, 0.4) is 0 Å². The summed E-state index contributed by atoms with van der Waals surface area (Å²) in [6.45, 7) is 3.46. The highest BCUT2D eigenvalue weighted by Gasteiger charge is 2.36. The maximum atomic E-state index is 5.92. The van der Waals surface area contributed by atoms with Gasteiger partial charge in [0.15, 0.2) is 0 Å². The number of hydrogen-bond donors (Lipinski definition) is 0. The van der Waals surface area contributed by atoms with Crippen LogP contribution in [0.2, 0.25) is 0 Å². The van der Waals surface area contributed by atoms with Crippen molar-refractivity contribution in [3.63, 3.8) is 0 Å². The van der Waals surface area contributed by atoms with Crippen LogP contribution < -0.4 is 0 Å². The molecule has 1 saturated carbocycles. The number of ether oxygens (including phenoxy) is 1. The summed E-state index contributed by atoms with van der Waals surface area (Å²) in [6, 6.07) is 0. The Bertz CT molecular complexity index is 153. The predicted molar refractivity (Wildman–Crippen MR) is 54.8 cm³/mol. The Labute approximate surface area is 81.9 Å². The molecule has 0 spiro atoms. The fourth-order valence-electron chi connectivity index (χ4n) is 2.97. The van der Waals surface area contributed by atoms with Gasteiger partial charge in [0.2, 0.25) is 0 Å². The standard InChI is InChI=1S/C12H22O/c1-12(8-4-2-5-9-12)11-7-3-6-10-13-11/h11H,2-10H2,1H3. The molecule has 2 fully saturated rings. The van der Waals surface area contributed by atoms with Crippen LogP contribution in [0.15, 0.2) is 0 Å². The van der Waals surface area contributed by atoms with Gasteiger partial charge in [-0.2, -0.15) is 0 Å². The summed E-state index contributed by atoms with van der Waals surface area (Å²) in [5, 5.41) is 0. The van der Waals surface area contributed by atoms with Crippen molar-refractivity contribution < 1.29 is 4.74 Å². The molecule has 2 aliphatic rings. The minimum atomic E-state index is 0.526.